The fourth-order valence-electron chi connectivity index (χ4n) is 1.85. The minimum Gasteiger partial charge on any atom is -0.0984 e. The van der Waals surface area contributed by atoms with Crippen LogP contribution in [-0.4, -0.2) is 0 Å². The molecule has 2 rings (SSSR count). The van der Waals surface area contributed by atoms with Gasteiger partial charge in [0.1, 0.15) is 0 Å². The van der Waals surface area contributed by atoms with Crippen molar-refractivity contribution in [1.29, 1.82) is 0 Å². The average molecular weight is 256 g/mol. The molecule has 0 radical (unpaired) electrons. The molecule has 0 spiro atoms. The molecule has 0 amide bonds. The largest absolute Gasteiger partial charge is 0.0984 e. The van der Waals surface area contributed by atoms with Crippen molar-refractivity contribution >= 4 is 24.3 Å². The third kappa shape index (κ3) is 5.30. The van der Waals surface area contributed by atoms with Gasteiger partial charge in [0.25, 0.3) is 0 Å². The summed E-state index contributed by atoms with van der Waals surface area (Å²) < 4.78 is 0. The highest BCUT2D eigenvalue weighted by atomic mass is 14.0. The van der Waals surface area contributed by atoms with Gasteiger partial charge in [-0.25, -0.2) is 0 Å². The number of rotatable bonds is 2. The highest BCUT2D eigenvalue weighted by Gasteiger charge is 1.98. The monoisotopic (exact) mass is 256 g/mol. The summed E-state index contributed by atoms with van der Waals surface area (Å²) in [5.41, 5.74) is 2.34. The Kier molecular flexibility index (Phi) is 9.52. The summed E-state index contributed by atoms with van der Waals surface area (Å²) >= 11 is 0. The van der Waals surface area contributed by atoms with Crippen LogP contribution in [-0.2, 0) is 0 Å². The molecule has 0 aliphatic heterocycles. The van der Waals surface area contributed by atoms with E-state index >= 15 is 0 Å². The van der Waals surface area contributed by atoms with E-state index in [9.17, 15) is 0 Å². The van der Waals surface area contributed by atoms with Crippen LogP contribution in [0, 0.1) is 0 Å². The lowest BCUT2D eigenvalue weighted by Crippen LogP contribution is -2.27. The van der Waals surface area contributed by atoms with Crippen molar-refractivity contribution in [3.8, 4) is 0 Å². The molecule has 0 nitrogen and oxygen atoms in total. The standard InChI is InChI=1S/C14H14.C3H8.C2H6/c1-3-11-9-13-7-5-6-8-14(13)10-12(11)4-2;1-3-2;1-2/h3-4,7-10H,1-2,5-6H2;3H2,1-2H3;1-2H3. The van der Waals surface area contributed by atoms with Gasteiger partial charge >= 0.3 is 0 Å². The first-order valence-electron chi connectivity index (χ1n) is 7.36. The van der Waals surface area contributed by atoms with Crippen LogP contribution in [0.4, 0.5) is 0 Å². The summed E-state index contributed by atoms with van der Waals surface area (Å²) in [5.74, 6) is 0. The van der Waals surface area contributed by atoms with Crippen LogP contribution in [0.3, 0.4) is 0 Å². The molecular weight excluding hydrogens is 228 g/mol. The molecule has 0 saturated carbocycles. The van der Waals surface area contributed by atoms with Crippen molar-refractivity contribution in [2.45, 2.75) is 47.0 Å². The second-order valence-corrected chi connectivity index (χ2v) is 4.21. The minimum atomic E-state index is 1.15. The van der Waals surface area contributed by atoms with Crippen molar-refractivity contribution in [3.05, 3.63) is 46.9 Å². The first-order valence-corrected chi connectivity index (χ1v) is 7.36. The molecule has 1 aromatic carbocycles. The fraction of sp³-hybridized carbons (Fsp3) is 0.368. The Labute approximate surface area is 118 Å². The van der Waals surface area contributed by atoms with E-state index in [1.54, 1.807) is 0 Å². The lowest BCUT2D eigenvalue weighted by molar-refractivity contribution is 1.09. The van der Waals surface area contributed by atoms with Gasteiger partial charge in [0, 0.05) is 0 Å². The summed E-state index contributed by atoms with van der Waals surface area (Å²) in [5, 5.41) is 2.66. The molecule has 19 heavy (non-hydrogen) atoms. The zero-order valence-electron chi connectivity index (χ0n) is 13.0. The van der Waals surface area contributed by atoms with E-state index in [2.05, 4.69) is 51.3 Å². The molecule has 0 heteroatoms. The average Bonchev–Trinajstić information content (AvgIpc) is 2.48. The minimum absolute atomic E-state index is 1.15. The fourth-order valence-corrected chi connectivity index (χ4v) is 1.85. The zero-order chi connectivity index (χ0) is 14.7. The van der Waals surface area contributed by atoms with Gasteiger partial charge in [-0.2, -0.15) is 0 Å². The van der Waals surface area contributed by atoms with Crippen LogP contribution < -0.4 is 10.4 Å². The summed E-state index contributed by atoms with van der Waals surface area (Å²) in [6.45, 7) is 15.9. The van der Waals surface area contributed by atoms with Gasteiger partial charge in [-0.1, -0.05) is 71.6 Å². The van der Waals surface area contributed by atoms with Crippen LogP contribution in [0.1, 0.15) is 58.1 Å². The Morgan fingerprint density at radius 3 is 1.47 bits per heavy atom. The molecule has 0 aromatic heterocycles. The Bertz CT molecular complexity index is 457. The summed E-state index contributed by atoms with van der Waals surface area (Å²) in [6, 6.07) is 4.38. The lowest BCUT2D eigenvalue weighted by atomic mass is 10.0. The van der Waals surface area contributed by atoms with Crippen LogP contribution in [0.15, 0.2) is 25.3 Å². The van der Waals surface area contributed by atoms with Crippen LogP contribution >= 0.6 is 0 Å². The first kappa shape index (κ1) is 17.4. The van der Waals surface area contributed by atoms with E-state index in [1.807, 2.05) is 26.0 Å². The second-order valence-electron chi connectivity index (χ2n) is 4.21. The molecule has 0 bridgehead atoms. The van der Waals surface area contributed by atoms with Crippen molar-refractivity contribution in [1.82, 2.24) is 0 Å². The molecule has 1 aliphatic carbocycles. The first-order chi connectivity index (χ1) is 9.26. The smallest absolute Gasteiger partial charge is 0.0184 e. The van der Waals surface area contributed by atoms with Gasteiger partial charge in [0.15, 0.2) is 0 Å². The quantitative estimate of drug-likeness (QED) is 0.715. The highest BCUT2D eigenvalue weighted by Crippen LogP contribution is 2.08. The van der Waals surface area contributed by atoms with Gasteiger partial charge in [-0.15, -0.1) is 0 Å². The van der Waals surface area contributed by atoms with Crippen LogP contribution in [0.2, 0.25) is 0 Å². The summed E-state index contributed by atoms with van der Waals surface area (Å²) in [7, 11) is 0. The van der Waals surface area contributed by atoms with E-state index in [-0.39, 0.29) is 0 Å². The Balaban J connectivity index is 0.000000573. The molecule has 0 fully saturated rings. The predicted octanol–water partition coefficient (Wildman–Crippen LogP) is 4.77. The maximum Gasteiger partial charge on any atom is -0.0184 e. The van der Waals surface area contributed by atoms with Crippen molar-refractivity contribution in [2.24, 2.45) is 0 Å². The van der Waals surface area contributed by atoms with E-state index in [0.717, 1.165) is 12.8 Å². The maximum atomic E-state index is 3.82. The van der Waals surface area contributed by atoms with E-state index in [4.69, 9.17) is 0 Å². The Hall–Kier alpha value is -1.56. The van der Waals surface area contributed by atoms with Crippen molar-refractivity contribution in [3.63, 3.8) is 0 Å². The van der Waals surface area contributed by atoms with Gasteiger partial charge in [-0.05, 0) is 46.5 Å². The van der Waals surface area contributed by atoms with Crippen LogP contribution in [0.25, 0.3) is 24.3 Å². The Morgan fingerprint density at radius 1 is 0.895 bits per heavy atom. The Morgan fingerprint density at radius 2 is 1.21 bits per heavy atom. The van der Waals surface area contributed by atoms with Gasteiger partial charge in [-0.3, -0.25) is 0 Å². The summed E-state index contributed by atoms with van der Waals surface area (Å²) in [6.07, 6.45) is 11.9. The maximum absolute atomic E-state index is 3.82. The van der Waals surface area contributed by atoms with E-state index < -0.39 is 0 Å². The zero-order valence-corrected chi connectivity index (χ0v) is 13.0. The van der Waals surface area contributed by atoms with Gasteiger partial charge < -0.3 is 0 Å². The van der Waals surface area contributed by atoms with Gasteiger partial charge in [0.05, 0.1) is 0 Å². The molecule has 1 aliphatic rings. The lowest BCUT2D eigenvalue weighted by Gasteiger charge is -2.05. The number of hydrogen-bond acceptors (Lipinski definition) is 0. The summed E-state index contributed by atoms with van der Waals surface area (Å²) in [4.78, 5) is 0. The predicted molar refractivity (Wildman–Crippen MR) is 91.4 cm³/mol. The molecule has 0 heterocycles. The molecule has 1 aromatic rings. The number of hydrogen-bond donors (Lipinski definition) is 0. The molecule has 0 atom stereocenters. The molecule has 0 saturated heterocycles. The number of benzene rings is 1. The third-order valence-electron chi connectivity index (χ3n) is 2.62. The molecule has 0 N–H and O–H groups in total. The van der Waals surface area contributed by atoms with Crippen molar-refractivity contribution in [2.75, 3.05) is 0 Å². The number of fused-ring (bicyclic) bond motifs is 1. The van der Waals surface area contributed by atoms with Crippen molar-refractivity contribution < 1.29 is 0 Å². The van der Waals surface area contributed by atoms with E-state index in [1.165, 1.54) is 28.0 Å². The topological polar surface area (TPSA) is 0 Å². The van der Waals surface area contributed by atoms with Gasteiger partial charge in [0.2, 0.25) is 0 Å². The molecule has 104 valence electrons. The van der Waals surface area contributed by atoms with Crippen LogP contribution in [0.5, 0.6) is 0 Å². The molecule has 0 unspecified atom stereocenters. The SMILES string of the molecule is C=Cc1cc2c(cc1C=C)=CCCC=2.CC.CCC. The third-order valence-corrected chi connectivity index (χ3v) is 2.62. The highest BCUT2D eigenvalue weighted by molar-refractivity contribution is 5.64. The normalized spacial score (nSPS) is 11.2. The molecular formula is C19H28. The second kappa shape index (κ2) is 10.4. The van der Waals surface area contributed by atoms with E-state index in [0.29, 0.717) is 0 Å².